The van der Waals surface area contributed by atoms with Gasteiger partial charge in [0.15, 0.2) is 0 Å². The number of hydrogen-bond donors (Lipinski definition) is 0. The number of hydrogen-bond acceptors (Lipinski definition) is 2. The Kier molecular flexibility index (Phi) is 4.45. The van der Waals surface area contributed by atoms with Crippen molar-refractivity contribution < 1.29 is 4.79 Å². The normalized spacial score (nSPS) is 10.5. The van der Waals surface area contributed by atoms with Crippen molar-refractivity contribution in [2.24, 2.45) is 0 Å². The van der Waals surface area contributed by atoms with Crippen LogP contribution in [0.2, 0.25) is 5.15 Å². The van der Waals surface area contributed by atoms with Crippen LogP contribution < -0.4 is 5.43 Å². The highest BCUT2D eigenvalue weighted by molar-refractivity contribution is 9.10. The zero-order chi connectivity index (χ0) is 14.0. The molecule has 0 aliphatic rings. The number of nitrogens with zero attached hydrogens (tertiary/aromatic N) is 1. The molecule has 19 heavy (non-hydrogen) atoms. The second-order valence-corrected chi connectivity index (χ2v) is 5.41. The van der Waals surface area contributed by atoms with Crippen LogP contribution >= 0.6 is 39.1 Å². The van der Waals surface area contributed by atoms with Crippen LogP contribution in [0.1, 0.15) is 15.9 Å². The molecule has 0 N–H and O–H groups in total. The Bertz CT molecular complexity index is 683. The summed E-state index contributed by atoms with van der Waals surface area (Å²) in [5.74, 6) is 0. The van der Waals surface area contributed by atoms with E-state index in [2.05, 4.69) is 15.9 Å². The van der Waals surface area contributed by atoms with Crippen molar-refractivity contribution in [1.82, 2.24) is 4.57 Å². The number of halogens is 3. The first-order valence-corrected chi connectivity index (χ1v) is 6.88. The summed E-state index contributed by atoms with van der Waals surface area (Å²) in [5.41, 5.74) is 0.274. The molecule has 0 atom stereocenters. The third-order valence-corrected chi connectivity index (χ3v) is 3.72. The first-order chi connectivity index (χ1) is 9.00. The molecular formula is C13H8BrCl2NO2. The smallest absolute Gasteiger partial charge is 0.259 e. The van der Waals surface area contributed by atoms with Crippen LogP contribution in [-0.4, -0.2) is 9.81 Å². The zero-order valence-electron chi connectivity index (χ0n) is 9.57. The van der Waals surface area contributed by atoms with Gasteiger partial charge in [0.1, 0.15) is 10.7 Å². The fraction of sp³-hybridized carbons (Fsp3) is 0.0769. The van der Waals surface area contributed by atoms with Crippen LogP contribution in [0, 0.1) is 0 Å². The van der Waals surface area contributed by atoms with Crippen molar-refractivity contribution >= 4 is 44.4 Å². The zero-order valence-corrected chi connectivity index (χ0v) is 12.7. The van der Waals surface area contributed by atoms with E-state index in [1.807, 2.05) is 30.3 Å². The van der Waals surface area contributed by atoms with Gasteiger partial charge in [-0.2, -0.15) is 0 Å². The maximum atomic E-state index is 11.8. The number of aromatic nitrogens is 1. The molecule has 0 fully saturated rings. The van der Waals surface area contributed by atoms with E-state index in [0.29, 0.717) is 6.54 Å². The van der Waals surface area contributed by atoms with Gasteiger partial charge in [-0.1, -0.05) is 41.9 Å². The summed E-state index contributed by atoms with van der Waals surface area (Å²) in [5, 5.41) is -0.824. The lowest BCUT2D eigenvalue weighted by Crippen LogP contribution is -2.18. The Morgan fingerprint density at radius 3 is 2.47 bits per heavy atom. The van der Waals surface area contributed by atoms with Gasteiger partial charge in [-0.25, -0.2) is 0 Å². The largest absolute Gasteiger partial charge is 0.332 e. The molecular weight excluding hydrogens is 353 g/mol. The van der Waals surface area contributed by atoms with Crippen molar-refractivity contribution in [3.05, 3.63) is 67.5 Å². The number of carbonyl (C=O) groups is 1. The Morgan fingerprint density at radius 1 is 1.26 bits per heavy atom. The predicted molar refractivity (Wildman–Crippen MR) is 79.1 cm³/mol. The van der Waals surface area contributed by atoms with Crippen molar-refractivity contribution in [2.75, 3.05) is 0 Å². The third-order valence-electron chi connectivity index (χ3n) is 2.56. The van der Waals surface area contributed by atoms with Gasteiger partial charge in [-0.3, -0.25) is 9.59 Å². The Hall–Kier alpha value is -1.10. The lowest BCUT2D eigenvalue weighted by molar-refractivity contribution is 0.108. The van der Waals surface area contributed by atoms with Crippen LogP contribution in [0.4, 0.5) is 0 Å². The number of pyridine rings is 1. The van der Waals surface area contributed by atoms with Crippen molar-refractivity contribution in [3.8, 4) is 0 Å². The minimum atomic E-state index is -0.863. The van der Waals surface area contributed by atoms with E-state index in [1.165, 1.54) is 0 Å². The van der Waals surface area contributed by atoms with Gasteiger partial charge in [0.05, 0.1) is 4.47 Å². The highest BCUT2D eigenvalue weighted by atomic mass is 79.9. The van der Waals surface area contributed by atoms with Gasteiger partial charge in [0, 0.05) is 12.7 Å². The molecule has 0 bridgehead atoms. The molecule has 0 radical (unpaired) electrons. The molecule has 1 aromatic carbocycles. The predicted octanol–water partition coefficient (Wildman–Crippen LogP) is 3.69. The van der Waals surface area contributed by atoms with Crippen LogP contribution in [0.25, 0.3) is 0 Å². The molecule has 1 aromatic heterocycles. The van der Waals surface area contributed by atoms with E-state index >= 15 is 0 Å². The Labute approximate surface area is 127 Å². The van der Waals surface area contributed by atoms with Gasteiger partial charge in [-0.05, 0) is 33.1 Å². The summed E-state index contributed by atoms with van der Waals surface area (Å²) in [6.07, 6.45) is 1.54. The maximum Gasteiger partial charge on any atom is 0.259 e. The van der Waals surface area contributed by atoms with Crippen molar-refractivity contribution in [2.45, 2.75) is 6.54 Å². The molecule has 0 aliphatic carbocycles. The van der Waals surface area contributed by atoms with Crippen molar-refractivity contribution in [3.63, 3.8) is 0 Å². The molecule has 0 unspecified atom stereocenters. The quantitative estimate of drug-likeness (QED) is 0.618. The summed E-state index contributed by atoms with van der Waals surface area (Å²) in [6.45, 7) is 0.440. The molecule has 0 aliphatic heterocycles. The standard InChI is InChI=1S/C13H8BrCl2NO2/c14-9-7-17(6-8-4-2-1-3-5-8)12(15)10(11(9)18)13(16)19/h1-5,7H,6H2. The fourth-order valence-electron chi connectivity index (χ4n) is 1.67. The number of rotatable bonds is 3. The topological polar surface area (TPSA) is 39.1 Å². The Balaban J connectivity index is 2.53. The molecule has 2 aromatic rings. The lowest BCUT2D eigenvalue weighted by Gasteiger charge is -2.12. The van der Waals surface area contributed by atoms with Gasteiger partial charge < -0.3 is 4.57 Å². The van der Waals surface area contributed by atoms with E-state index in [-0.39, 0.29) is 15.2 Å². The summed E-state index contributed by atoms with van der Waals surface area (Å²) in [7, 11) is 0. The monoisotopic (exact) mass is 359 g/mol. The molecule has 0 amide bonds. The Morgan fingerprint density at radius 2 is 1.89 bits per heavy atom. The summed E-state index contributed by atoms with van der Waals surface area (Å²) < 4.78 is 1.84. The summed E-state index contributed by atoms with van der Waals surface area (Å²) in [4.78, 5) is 23.1. The van der Waals surface area contributed by atoms with E-state index in [9.17, 15) is 9.59 Å². The second-order valence-electron chi connectivity index (χ2n) is 3.86. The molecule has 0 saturated heterocycles. The molecule has 98 valence electrons. The van der Waals surface area contributed by atoms with E-state index in [0.717, 1.165) is 5.56 Å². The van der Waals surface area contributed by atoms with E-state index in [4.69, 9.17) is 23.2 Å². The molecule has 6 heteroatoms. The van der Waals surface area contributed by atoms with Crippen LogP contribution in [0.3, 0.4) is 0 Å². The SMILES string of the molecule is O=C(Cl)c1c(Cl)n(Cc2ccccc2)cc(Br)c1=O. The van der Waals surface area contributed by atoms with Crippen LogP contribution in [-0.2, 0) is 6.54 Å². The van der Waals surface area contributed by atoms with Crippen molar-refractivity contribution in [1.29, 1.82) is 0 Å². The van der Waals surface area contributed by atoms with Gasteiger partial charge >= 0.3 is 0 Å². The fourth-order valence-corrected chi connectivity index (χ4v) is 2.62. The van der Waals surface area contributed by atoms with E-state index < -0.39 is 10.7 Å². The lowest BCUT2D eigenvalue weighted by atomic mass is 10.2. The first-order valence-electron chi connectivity index (χ1n) is 5.33. The number of carbonyl (C=O) groups excluding carboxylic acids is 1. The highest BCUT2D eigenvalue weighted by Crippen LogP contribution is 2.19. The molecule has 0 spiro atoms. The summed E-state index contributed by atoms with van der Waals surface area (Å²) in [6, 6.07) is 9.54. The molecule has 3 nitrogen and oxygen atoms in total. The first kappa shape index (κ1) is 14.3. The average Bonchev–Trinajstić information content (AvgIpc) is 2.37. The highest BCUT2D eigenvalue weighted by Gasteiger charge is 2.18. The molecule has 2 rings (SSSR count). The van der Waals surface area contributed by atoms with Crippen LogP contribution in [0.15, 0.2) is 45.8 Å². The van der Waals surface area contributed by atoms with Gasteiger partial charge in [-0.15, -0.1) is 0 Å². The molecule has 1 heterocycles. The average molecular weight is 361 g/mol. The molecule has 0 saturated carbocycles. The second kappa shape index (κ2) is 5.90. The third kappa shape index (κ3) is 3.08. The minimum Gasteiger partial charge on any atom is -0.332 e. The van der Waals surface area contributed by atoms with E-state index in [1.54, 1.807) is 10.8 Å². The number of benzene rings is 1. The summed E-state index contributed by atoms with van der Waals surface area (Å²) >= 11 is 14.6. The van der Waals surface area contributed by atoms with Gasteiger partial charge in [0.2, 0.25) is 5.43 Å². The minimum absolute atomic E-state index is 0.0389. The van der Waals surface area contributed by atoms with Crippen LogP contribution in [0.5, 0.6) is 0 Å². The maximum absolute atomic E-state index is 11.8. The van der Waals surface area contributed by atoms with Gasteiger partial charge in [0.25, 0.3) is 5.24 Å².